The van der Waals surface area contributed by atoms with Crippen LogP contribution < -0.4 is 11.2 Å². The molecule has 2 heterocycles. The van der Waals surface area contributed by atoms with E-state index in [9.17, 15) is 9.59 Å². The van der Waals surface area contributed by atoms with Crippen molar-refractivity contribution in [1.29, 1.82) is 0 Å². The molecule has 7 heteroatoms. The average Bonchev–Trinajstić information content (AvgIpc) is 2.76. The van der Waals surface area contributed by atoms with E-state index in [0.29, 0.717) is 11.2 Å². The highest BCUT2D eigenvalue weighted by atomic mass is 16.2. The number of nitrogens with zero attached hydrogens (tertiary/aromatic N) is 5. The van der Waals surface area contributed by atoms with Gasteiger partial charge in [-0.3, -0.25) is 13.9 Å². The normalized spacial score (nSPS) is 12.2. The summed E-state index contributed by atoms with van der Waals surface area (Å²) in [5.74, 6) is 0. The van der Waals surface area contributed by atoms with Crippen LogP contribution in [0.15, 0.2) is 15.9 Å². The molecule has 2 aromatic heterocycles. The molecule has 0 aliphatic carbocycles. The Hall–Kier alpha value is -1.89. The molecule has 0 bridgehead atoms. The molecule has 0 saturated carbocycles. The van der Waals surface area contributed by atoms with Gasteiger partial charge in [-0.05, 0) is 0 Å². The summed E-state index contributed by atoms with van der Waals surface area (Å²) < 4.78 is 5.25. The molecule has 2 aromatic rings. The van der Waals surface area contributed by atoms with E-state index in [1.165, 1.54) is 11.6 Å². The Bertz CT molecular complexity index is 745. The van der Waals surface area contributed by atoms with Crippen LogP contribution in [0.1, 0.15) is 6.42 Å². The van der Waals surface area contributed by atoms with Gasteiger partial charge in [0, 0.05) is 27.1 Å². The Labute approximate surface area is 117 Å². The van der Waals surface area contributed by atoms with Crippen LogP contribution in [0.2, 0.25) is 0 Å². The zero-order chi connectivity index (χ0) is 15.1. The van der Waals surface area contributed by atoms with E-state index < -0.39 is 0 Å². The fraction of sp³-hybridized carbons (Fsp3) is 0.615. The Morgan fingerprint density at radius 1 is 1.15 bits per heavy atom. The molecule has 0 radical (unpaired) electrons. The monoisotopic (exact) mass is 280 g/mol. The fourth-order valence-corrected chi connectivity index (χ4v) is 2.28. The number of hydrogen-bond acceptors (Lipinski definition) is 3. The number of quaternary nitrogens is 1. The summed E-state index contributed by atoms with van der Waals surface area (Å²) in [6.07, 6.45) is 2.59. The molecule has 0 fully saturated rings. The quantitative estimate of drug-likeness (QED) is 0.711. The van der Waals surface area contributed by atoms with Crippen LogP contribution in [0.25, 0.3) is 11.2 Å². The third-order valence-electron chi connectivity index (χ3n) is 3.45. The first kappa shape index (κ1) is 14.5. The van der Waals surface area contributed by atoms with Gasteiger partial charge >= 0.3 is 5.69 Å². The lowest BCUT2D eigenvalue weighted by atomic mass is 10.3. The molecule has 0 atom stereocenters. The van der Waals surface area contributed by atoms with Gasteiger partial charge in [0.2, 0.25) is 0 Å². The van der Waals surface area contributed by atoms with Crippen LogP contribution in [0.5, 0.6) is 0 Å². The van der Waals surface area contributed by atoms with Gasteiger partial charge in [-0.2, -0.15) is 0 Å². The molecule has 7 nitrogen and oxygen atoms in total. The number of imidazole rings is 1. The minimum Gasteiger partial charge on any atom is -0.331 e. The van der Waals surface area contributed by atoms with Crippen LogP contribution in [-0.4, -0.2) is 50.9 Å². The lowest BCUT2D eigenvalue weighted by Gasteiger charge is -2.23. The summed E-state index contributed by atoms with van der Waals surface area (Å²) in [6.45, 7) is 1.73. The van der Waals surface area contributed by atoms with Crippen molar-refractivity contribution in [1.82, 2.24) is 18.7 Å². The predicted molar refractivity (Wildman–Crippen MR) is 77.7 cm³/mol. The highest BCUT2D eigenvalue weighted by Gasteiger charge is 2.14. The standard InChI is InChI=1S/C13H22N5O2/c1-15-11-10(12(19)16(2)13(15)20)17(9-14-11)7-6-8-18(3,4)5/h9H,6-8H2,1-5H3/q+1. The molecule has 20 heavy (non-hydrogen) atoms. The summed E-state index contributed by atoms with van der Waals surface area (Å²) in [7, 11) is 9.53. The van der Waals surface area contributed by atoms with E-state index in [0.717, 1.165) is 28.6 Å². The van der Waals surface area contributed by atoms with Crippen LogP contribution in [0, 0.1) is 0 Å². The zero-order valence-electron chi connectivity index (χ0n) is 12.8. The molecular weight excluding hydrogens is 258 g/mol. The van der Waals surface area contributed by atoms with E-state index >= 15 is 0 Å². The van der Waals surface area contributed by atoms with E-state index in [2.05, 4.69) is 26.1 Å². The van der Waals surface area contributed by atoms with Crippen molar-refractivity contribution >= 4 is 11.2 Å². The van der Waals surface area contributed by atoms with Crippen molar-refractivity contribution in [2.75, 3.05) is 27.7 Å². The molecule has 0 aromatic carbocycles. The van der Waals surface area contributed by atoms with Crippen LogP contribution >= 0.6 is 0 Å². The van der Waals surface area contributed by atoms with Gasteiger partial charge in [0.15, 0.2) is 11.2 Å². The van der Waals surface area contributed by atoms with Crippen LogP contribution in [0.4, 0.5) is 0 Å². The number of aryl methyl sites for hydroxylation is 2. The molecule has 2 rings (SSSR count). The maximum Gasteiger partial charge on any atom is 0.332 e. The van der Waals surface area contributed by atoms with E-state index in [1.54, 1.807) is 13.4 Å². The maximum absolute atomic E-state index is 12.2. The maximum atomic E-state index is 12.2. The summed E-state index contributed by atoms with van der Waals surface area (Å²) in [5, 5.41) is 0. The van der Waals surface area contributed by atoms with Gasteiger partial charge in [-0.25, -0.2) is 9.78 Å². The van der Waals surface area contributed by atoms with E-state index in [4.69, 9.17) is 0 Å². The predicted octanol–water partition coefficient (Wildman–Crippen LogP) is -0.470. The molecule has 0 aliphatic rings. The Morgan fingerprint density at radius 2 is 1.80 bits per heavy atom. The fourth-order valence-electron chi connectivity index (χ4n) is 2.28. The number of aromatic nitrogens is 4. The molecule has 0 spiro atoms. The topological polar surface area (TPSA) is 61.8 Å². The van der Waals surface area contributed by atoms with Gasteiger partial charge < -0.3 is 9.05 Å². The van der Waals surface area contributed by atoms with Gasteiger partial charge in [0.25, 0.3) is 5.56 Å². The average molecular weight is 280 g/mol. The Kier molecular flexibility index (Phi) is 3.56. The van der Waals surface area contributed by atoms with Crippen molar-refractivity contribution in [3.05, 3.63) is 27.2 Å². The van der Waals surface area contributed by atoms with Crippen molar-refractivity contribution < 1.29 is 4.48 Å². The number of fused-ring (bicyclic) bond motifs is 1. The molecule has 0 saturated heterocycles. The third kappa shape index (κ3) is 2.53. The van der Waals surface area contributed by atoms with E-state index in [-0.39, 0.29) is 11.2 Å². The summed E-state index contributed by atoms with van der Waals surface area (Å²) >= 11 is 0. The third-order valence-corrected chi connectivity index (χ3v) is 3.45. The molecule has 110 valence electrons. The van der Waals surface area contributed by atoms with E-state index in [1.807, 2.05) is 4.57 Å². The molecule has 0 amide bonds. The molecule has 0 aliphatic heterocycles. The van der Waals surface area contributed by atoms with Gasteiger partial charge in [0.1, 0.15) is 0 Å². The first-order chi connectivity index (χ1) is 9.22. The number of rotatable bonds is 4. The first-order valence-electron chi connectivity index (χ1n) is 6.63. The second kappa shape index (κ2) is 4.90. The summed E-state index contributed by atoms with van der Waals surface area (Å²) in [4.78, 5) is 28.3. The van der Waals surface area contributed by atoms with Crippen molar-refractivity contribution in [3.8, 4) is 0 Å². The molecular formula is C13H22N5O2+. The van der Waals surface area contributed by atoms with Crippen LogP contribution in [-0.2, 0) is 20.6 Å². The summed E-state index contributed by atoms with van der Waals surface area (Å²) in [5.41, 5.74) is 0.310. The summed E-state index contributed by atoms with van der Waals surface area (Å²) in [6, 6.07) is 0. The minimum absolute atomic E-state index is 0.286. The van der Waals surface area contributed by atoms with Gasteiger partial charge in [-0.15, -0.1) is 0 Å². The highest BCUT2D eigenvalue weighted by molar-refractivity contribution is 5.69. The number of hydrogen-bond donors (Lipinski definition) is 0. The Balaban J connectivity index is 2.42. The Morgan fingerprint density at radius 3 is 2.40 bits per heavy atom. The lowest BCUT2D eigenvalue weighted by Crippen LogP contribution is -2.38. The largest absolute Gasteiger partial charge is 0.332 e. The van der Waals surface area contributed by atoms with Crippen LogP contribution in [0.3, 0.4) is 0 Å². The SMILES string of the molecule is Cn1c(=O)c2c(ncn2CCC[N+](C)(C)C)n(C)c1=O. The zero-order valence-corrected chi connectivity index (χ0v) is 12.8. The van der Waals surface area contributed by atoms with Crippen molar-refractivity contribution in [3.63, 3.8) is 0 Å². The molecule has 0 unspecified atom stereocenters. The highest BCUT2D eigenvalue weighted by Crippen LogP contribution is 2.07. The van der Waals surface area contributed by atoms with Gasteiger partial charge in [0.05, 0.1) is 34.0 Å². The van der Waals surface area contributed by atoms with Gasteiger partial charge in [-0.1, -0.05) is 0 Å². The second-order valence-corrected chi connectivity index (χ2v) is 6.18. The lowest BCUT2D eigenvalue weighted by molar-refractivity contribution is -0.870. The second-order valence-electron chi connectivity index (χ2n) is 6.18. The van der Waals surface area contributed by atoms with Crippen molar-refractivity contribution in [2.24, 2.45) is 14.1 Å². The minimum atomic E-state index is -0.348. The van der Waals surface area contributed by atoms with Crippen molar-refractivity contribution in [2.45, 2.75) is 13.0 Å². The smallest absolute Gasteiger partial charge is 0.331 e. The first-order valence-corrected chi connectivity index (χ1v) is 6.63. The molecule has 0 N–H and O–H groups in total.